The molecule has 120 valence electrons. The van der Waals surface area contributed by atoms with Crippen molar-refractivity contribution in [2.24, 2.45) is 5.92 Å². The molecule has 0 aromatic carbocycles. The highest BCUT2D eigenvalue weighted by Crippen LogP contribution is 2.32. The number of piperidine rings is 1. The zero-order valence-corrected chi connectivity index (χ0v) is 15.0. The highest BCUT2D eigenvalue weighted by molar-refractivity contribution is 7.91. The maximum Gasteiger partial charge on any atom is 0.252 e. The summed E-state index contributed by atoms with van der Waals surface area (Å²) >= 11 is 7.19. The third kappa shape index (κ3) is 4.20. The SMILES string of the molecule is CCCN(CC1CCCNC1)S(=O)(=O)c1cc(C)c(Cl)s1. The Balaban J connectivity index is 2.18. The number of nitrogens with zero attached hydrogens (tertiary/aromatic N) is 1. The van der Waals surface area contributed by atoms with Gasteiger partial charge in [-0.3, -0.25) is 0 Å². The van der Waals surface area contributed by atoms with Gasteiger partial charge < -0.3 is 5.32 Å². The summed E-state index contributed by atoms with van der Waals surface area (Å²) in [5, 5.41) is 3.35. The standard InChI is InChI=1S/C14H23ClN2O2S2/c1-3-7-17(10-12-5-4-6-16-9-12)21(18,19)13-8-11(2)14(15)20-13/h8,12,16H,3-7,9-10H2,1-2H3. The van der Waals surface area contributed by atoms with Crippen LogP contribution in [0.3, 0.4) is 0 Å². The lowest BCUT2D eigenvalue weighted by Gasteiger charge is -2.29. The smallest absolute Gasteiger partial charge is 0.252 e. The largest absolute Gasteiger partial charge is 0.316 e. The Morgan fingerprint density at radius 1 is 1.52 bits per heavy atom. The summed E-state index contributed by atoms with van der Waals surface area (Å²) in [6.07, 6.45) is 3.03. The number of nitrogens with one attached hydrogen (secondary N) is 1. The fourth-order valence-electron chi connectivity index (χ4n) is 2.61. The molecule has 21 heavy (non-hydrogen) atoms. The van der Waals surface area contributed by atoms with E-state index in [1.807, 2.05) is 13.8 Å². The van der Waals surface area contributed by atoms with Crippen LogP contribution in [0.25, 0.3) is 0 Å². The molecule has 1 atom stereocenters. The maximum absolute atomic E-state index is 12.8. The molecule has 1 aliphatic rings. The average Bonchev–Trinajstić information content (AvgIpc) is 2.80. The molecule has 0 bridgehead atoms. The summed E-state index contributed by atoms with van der Waals surface area (Å²) in [7, 11) is -3.42. The van der Waals surface area contributed by atoms with Crippen LogP contribution in [-0.4, -0.2) is 38.9 Å². The molecule has 7 heteroatoms. The van der Waals surface area contributed by atoms with E-state index in [2.05, 4.69) is 5.32 Å². The van der Waals surface area contributed by atoms with E-state index in [4.69, 9.17) is 11.6 Å². The molecule has 1 aromatic heterocycles. The Labute approximate surface area is 136 Å². The van der Waals surface area contributed by atoms with Gasteiger partial charge in [0.1, 0.15) is 4.21 Å². The Morgan fingerprint density at radius 2 is 2.29 bits per heavy atom. The molecule has 1 unspecified atom stereocenters. The zero-order chi connectivity index (χ0) is 15.5. The summed E-state index contributed by atoms with van der Waals surface area (Å²) < 4.78 is 28.2. The number of thiophene rings is 1. The second kappa shape index (κ2) is 7.42. The molecule has 1 saturated heterocycles. The van der Waals surface area contributed by atoms with E-state index in [9.17, 15) is 8.42 Å². The van der Waals surface area contributed by atoms with Gasteiger partial charge in [-0.15, -0.1) is 11.3 Å². The van der Waals surface area contributed by atoms with E-state index in [1.54, 1.807) is 10.4 Å². The van der Waals surface area contributed by atoms with Crippen molar-refractivity contribution in [3.8, 4) is 0 Å². The molecule has 1 aliphatic heterocycles. The third-order valence-corrected chi connectivity index (χ3v) is 7.63. The first-order valence-electron chi connectivity index (χ1n) is 7.42. The van der Waals surface area contributed by atoms with E-state index in [1.165, 1.54) is 0 Å². The van der Waals surface area contributed by atoms with Crippen LogP contribution >= 0.6 is 22.9 Å². The van der Waals surface area contributed by atoms with Gasteiger partial charge >= 0.3 is 0 Å². The Kier molecular flexibility index (Phi) is 6.08. The van der Waals surface area contributed by atoms with Crippen LogP contribution in [0.15, 0.2) is 10.3 Å². The van der Waals surface area contributed by atoms with Gasteiger partial charge in [0.05, 0.1) is 4.34 Å². The van der Waals surface area contributed by atoms with Crippen molar-refractivity contribution in [3.05, 3.63) is 16.0 Å². The van der Waals surface area contributed by atoms with Crippen molar-refractivity contribution in [1.29, 1.82) is 0 Å². The normalized spacial score (nSPS) is 20.1. The summed E-state index contributed by atoms with van der Waals surface area (Å²) in [5.41, 5.74) is 0.830. The van der Waals surface area contributed by atoms with E-state index in [0.29, 0.717) is 27.6 Å². The van der Waals surface area contributed by atoms with Crippen molar-refractivity contribution in [2.75, 3.05) is 26.2 Å². The van der Waals surface area contributed by atoms with Crippen molar-refractivity contribution in [2.45, 2.75) is 37.3 Å². The van der Waals surface area contributed by atoms with Crippen molar-refractivity contribution in [1.82, 2.24) is 9.62 Å². The minimum atomic E-state index is -3.42. The first-order valence-corrected chi connectivity index (χ1v) is 10.1. The van der Waals surface area contributed by atoms with Crippen LogP contribution in [0.1, 0.15) is 31.7 Å². The molecule has 0 spiro atoms. The summed E-state index contributed by atoms with van der Waals surface area (Å²) in [4.78, 5) is 0. The molecule has 0 aliphatic carbocycles. The second-order valence-electron chi connectivity index (χ2n) is 5.60. The number of hydrogen-bond donors (Lipinski definition) is 1. The molecule has 1 aromatic rings. The van der Waals surface area contributed by atoms with Gasteiger partial charge in [0.25, 0.3) is 10.0 Å². The van der Waals surface area contributed by atoms with E-state index in [-0.39, 0.29) is 0 Å². The lowest BCUT2D eigenvalue weighted by atomic mass is 10.00. The predicted molar refractivity (Wildman–Crippen MR) is 88.7 cm³/mol. The highest BCUT2D eigenvalue weighted by atomic mass is 35.5. The summed E-state index contributed by atoms with van der Waals surface area (Å²) in [6, 6.07) is 1.68. The number of aryl methyl sites for hydroxylation is 1. The highest BCUT2D eigenvalue weighted by Gasteiger charge is 2.29. The Bertz CT molecular complexity index is 546. The third-order valence-electron chi connectivity index (χ3n) is 3.76. The van der Waals surface area contributed by atoms with E-state index < -0.39 is 10.0 Å². The first-order chi connectivity index (χ1) is 9.95. The predicted octanol–water partition coefficient (Wildman–Crippen LogP) is 3.11. The molecule has 0 radical (unpaired) electrons. The first kappa shape index (κ1) is 17.2. The van der Waals surface area contributed by atoms with Gasteiger partial charge in [-0.1, -0.05) is 18.5 Å². The van der Waals surface area contributed by atoms with E-state index >= 15 is 0 Å². The summed E-state index contributed by atoms with van der Waals surface area (Å²) in [6.45, 7) is 6.95. The van der Waals surface area contributed by atoms with Crippen molar-refractivity contribution < 1.29 is 8.42 Å². The number of rotatable bonds is 6. The van der Waals surface area contributed by atoms with Gasteiger partial charge in [0, 0.05) is 13.1 Å². The Morgan fingerprint density at radius 3 is 2.81 bits per heavy atom. The van der Waals surface area contributed by atoms with Crippen molar-refractivity contribution in [3.63, 3.8) is 0 Å². The molecule has 0 saturated carbocycles. The minimum absolute atomic E-state index is 0.363. The zero-order valence-electron chi connectivity index (χ0n) is 12.6. The van der Waals surface area contributed by atoms with Gasteiger partial charge in [-0.25, -0.2) is 8.42 Å². The monoisotopic (exact) mass is 350 g/mol. The maximum atomic E-state index is 12.8. The second-order valence-corrected chi connectivity index (χ2v) is 9.42. The molecule has 4 nitrogen and oxygen atoms in total. The quantitative estimate of drug-likeness (QED) is 0.857. The van der Waals surface area contributed by atoms with Crippen LogP contribution in [-0.2, 0) is 10.0 Å². The Hall–Kier alpha value is -0.140. The lowest BCUT2D eigenvalue weighted by molar-refractivity contribution is 0.292. The fraction of sp³-hybridized carbons (Fsp3) is 0.714. The van der Waals surface area contributed by atoms with Crippen LogP contribution in [0.2, 0.25) is 4.34 Å². The number of halogens is 1. The topological polar surface area (TPSA) is 49.4 Å². The van der Waals surface area contributed by atoms with Crippen LogP contribution in [0.5, 0.6) is 0 Å². The molecule has 2 rings (SSSR count). The number of hydrogen-bond acceptors (Lipinski definition) is 4. The molecule has 0 amide bonds. The number of sulfonamides is 1. The molecule has 1 N–H and O–H groups in total. The fourth-order valence-corrected chi connectivity index (χ4v) is 6.08. The van der Waals surface area contributed by atoms with Gasteiger partial charge in [0.2, 0.25) is 0 Å². The molecule has 1 fully saturated rings. The summed E-state index contributed by atoms with van der Waals surface area (Å²) in [5.74, 6) is 0.400. The molecule has 2 heterocycles. The lowest BCUT2D eigenvalue weighted by Crippen LogP contribution is -2.41. The van der Waals surface area contributed by atoms with Crippen molar-refractivity contribution >= 4 is 33.0 Å². The minimum Gasteiger partial charge on any atom is -0.316 e. The van der Waals surface area contributed by atoms with Crippen LogP contribution < -0.4 is 5.32 Å². The van der Waals surface area contributed by atoms with Gasteiger partial charge in [0.15, 0.2) is 0 Å². The van der Waals surface area contributed by atoms with Crippen LogP contribution in [0.4, 0.5) is 0 Å². The van der Waals surface area contributed by atoms with E-state index in [0.717, 1.165) is 49.3 Å². The average molecular weight is 351 g/mol. The molecular formula is C14H23ClN2O2S2. The van der Waals surface area contributed by atoms with Gasteiger partial charge in [-0.2, -0.15) is 4.31 Å². The van der Waals surface area contributed by atoms with Gasteiger partial charge in [-0.05, 0) is 56.8 Å². The molecular weight excluding hydrogens is 328 g/mol. The van der Waals surface area contributed by atoms with Crippen LogP contribution in [0, 0.1) is 12.8 Å².